The average Bonchev–Trinajstić information content (AvgIpc) is 3.14. The molecule has 4 rings (SSSR count). The van der Waals surface area contributed by atoms with Crippen molar-refractivity contribution in [3.63, 3.8) is 0 Å². The molecule has 2 fully saturated rings. The minimum absolute atomic E-state index is 0.0107. The fourth-order valence-corrected chi connectivity index (χ4v) is 4.69. The third-order valence-electron chi connectivity index (χ3n) is 6.04. The second kappa shape index (κ2) is 8.05. The van der Waals surface area contributed by atoms with Crippen molar-refractivity contribution in [2.24, 2.45) is 5.41 Å². The van der Waals surface area contributed by atoms with Crippen molar-refractivity contribution in [3.8, 4) is 11.3 Å². The van der Waals surface area contributed by atoms with Crippen LogP contribution in [0.2, 0.25) is 0 Å². The van der Waals surface area contributed by atoms with Gasteiger partial charge >= 0.3 is 0 Å². The fraction of sp³-hybridized carbons (Fsp3) is 0.500. The van der Waals surface area contributed by atoms with Crippen LogP contribution in [-0.2, 0) is 11.3 Å². The highest BCUT2D eigenvalue weighted by atomic mass is 19.1. The Morgan fingerprint density at radius 2 is 2.00 bits per heavy atom. The molecule has 5 nitrogen and oxygen atoms in total. The molecule has 1 atom stereocenters. The van der Waals surface area contributed by atoms with Crippen LogP contribution in [0.4, 0.5) is 4.39 Å². The van der Waals surface area contributed by atoms with E-state index in [1.165, 1.54) is 6.07 Å². The number of aliphatic hydroxyl groups excluding tert-OH is 1. The molecule has 0 unspecified atom stereocenters. The van der Waals surface area contributed by atoms with Gasteiger partial charge in [-0.25, -0.2) is 4.39 Å². The number of furan rings is 1. The molecule has 0 bridgehead atoms. The average molecular weight is 386 g/mol. The number of benzene rings is 1. The van der Waals surface area contributed by atoms with Crippen molar-refractivity contribution in [3.05, 3.63) is 48.0 Å². The predicted molar refractivity (Wildman–Crippen MR) is 104 cm³/mol. The van der Waals surface area contributed by atoms with Crippen LogP contribution in [0.25, 0.3) is 11.3 Å². The van der Waals surface area contributed by atoms with Crippen molar-refractivity contribution < 1.29 is 18.7 Å². The molecule has 0 aliphatic carbocycles. The number of piperidine rings is 2. The molecule has 150 valence electrons. The molecule has 2 saturated heterocycles. The summed E-state index contributed by atoms with van der Waals surface area (Å²) in [5.41, 5.74) is 0.580. The Hall–Kier alpha value is -2.18. The monoisotopic (exact) mass is 386 g/mol. The summed E-state index contributed by atoms with van der Waals surface area (Å²) < 4.78 is 19.9. The molecule has 2 aliphatic rings. The molecule has 1 spiro atoms. The van der Waals surface area contributed by atoms with Gasteiger partial charge in [-0.2, -0.15) is 0 Å². The minimum Gasteiger partial charge on any atom is -0.460 e. The lowest BCUT2D eigenvalue weighted by molar-refractivity contribution is -0.140. The molecular formula is C22H27FN2O3. The van der Waals surface area contributed by atoms with Gasteiger partial charge < -0.3 is 14.4 Å². The quantitative estimate of drug-likeness (QED) is 0.857. The maximum atomic E-state index is 14.0. The van der Waals surface area contributed by atoms with E-state index < -0.39 is 0 Å². The number of hydrogen-bond donors (Lipinski definition) is 1. The van der Waals surface area contributed by atoms with Gasteiger partial charge in [0.2, 0.25) is 5.91 Å². The molecule has 2 aromatic rings. The van der Waals surface area contributed by atoms with Crippen LogP contribution >= 0.6 is 0 Å². The molecular weight excluding hydrogens is 359 g/mol. The summed E-state index contributed by atoms with van der Waals surface area (Å²) in [5.74, 6) is 1.25. The Morgan fingerprint density at radius 3 is 2.82 bits per heavy atom. The summed E-state index contributed by atoms with van der Waals surface area (Å²) in [4.78, 5) is 16.3. The summed E-state index contributed by atoms with van der Waals surface area (Å²) in [6.45, 7) is 3.75. The number of carbonyl (C=O) groups is 1. The first-order valence-corrected chi connectivity index (χ1v) is 10.0. The van der Waals surface area contributed by atoms with Gasteiger partial charge in [-0.15, -0.1) is 0 Å². The molecule has 28 heavy (non-hydrogen) atoms. The molecule has 0 radical (unpaired) electrons. The van der Waals surface area contributed by atoms with Crippen LogP contribution in [0.1, 0.15) is 31.4 Å². The van der Waals surface area contributed by atoms with Crippen LogP contribution in [0, 0.1) is 11.2 Å². The first-order valence-electron chi connectivity index (χ1n) is 10.0. The van der Waals surface area contributed by atoms with E-state index in [9.17, 15) is 14.3 Å². The van der Waals surface area contributed by atoms with E-state index in [4.69, 9.17) is 4.42 Å². The first-order chi connectivity index (χ1) is 13.6. The van der Waals surface area contributed by atoms with Crippen molar-refractivity contribution in [2.45, 2.75) is 32.2 Å². The lowest BCUT2D eigenvalue weighted by atomic mass is 9.73. The molecule has 1 aromatic carbocycles. The van der Waals surface area contributed by atoms with Crippen LogP contribution in [0.15, 0.2) is 40.8 Å². The SMILES string of the molecule is O=C1CC[C@]2(CCCN(Cc3ccc(-c4ccccc4F)o3)C2)CN1CCO. The molecule has 3 heterocycles. The molecule has 6 heteroatoms. The summed E-state index contributed by atoms with van der Waals surface area (Å²) in [6.07, 6.45) is 3.66. The van der Waals surface area contributed by atoms with Crippen LogP contribution in [0.3, 0.4) is 0 Å². The highest BCUT2D eigenvalue weighted by molar-refractivity contribution is 5.77. The van der Waals surface area contributed by atoms with Gasteiger partial charge in [0.25, 0.3) is 0 Å². The summed E-state index contributed by atoms with van der Waals surface area (Å²) in [5, 5.41) is 9.24. The highest BCUT2D eigenvalue weighted by Gasteiger charge is 2.41. The third kappa shape index (κ3) is 3.98. The van der Waals surface area contributed by atoms with E-state index in [0.29, 0.717) is 30.8 Å². The topological polar surface area (TPSA) is 56.9 Å². The number of nitrogens with zero attached hydrogens (tertiary/aromatic N) is 2. The van der Waals surface area contributed by atoms with Gasteiger partial charge in [0, 0.05) is 31.5 Å². The third-order valence-corrected chi connectivity index (χ3v) is 6.04. The standard InChI is InChI=1S/C22H27FN2O3/c23-19-5-2-1-4-18(19)20-7-6-17(28-20)14-24-11-3-9-22(15-24)10-8-21(27)25(16-22)12-13-26/h1-2,4-7,26H,3,8-16H2/t22-/m0/s1. The van der Waals surface area contributed by atoms with Crippen molar-refractivity contribution in [1.82, 2.24) is 9.80 Å². The molecule has 1 amide bonds. The summed E-state index contributed by atoms with van der Waals surface area (Å²) in [7, 11) is 0. The summed E-state index contributed by atoms with van der Waals surface area (Å²) >= 11 is 0. The fourth-order valence-electron chi connectivity index (χ4n) is 4.69. The van der Waals surface area contributed by atoms with Gasteiger partial charge in [0.05, 0.1) is 18.7 Å². The van der Waals surface area contributed by atoms with E-state index in [0.717, 1.165) is 44.7 Å². The largest absolute Gasteiger partial charge is 0.460 e. The number of aliphatic hydroxyl groups is 1. The van der Waals surface area contributed by atoms with E-state index in [1.54, 1.807) is 18.2 Å². The van der Waals surface area contributed by atoms with Gasteiger partial charge in [-0.05, 0) is 50.1 Å². The van der Waals surface area contributed by atoms with Crippen molar-refractivity contribution in [1.29, 1.82) is 0 Å². The smallest absolute Gasteiger partial charge is 0.222 e. The Labute approximate surface area is 164 Å². The molecule has 1 N–H and O–H groups in total. The van der Waals surface area contributed by atoms with Gasteiger partial charge in [0.15, 0.2) is 0 Å². The normalized spacial score (nSPS) is 23.5. The van der Waals surface area contributed by atoms with E-state index in [2.05, 4.69) is 4.90 Å². The second-order valence-corrected chi connectivity index (χ2v) is 8.10. The number of hydrogen-bond acceptors (Lipinski definition) is 4. The number of likely N-dealkylation sites (tertiary alicyclic amines) is 2. The minimum atomic E-state index is -0.281. The maximum absolute atomic E-state index is 14.0. The van der Waals surface area contributed by atoms with Crippen molar-refractivity contribution in [2.75, 3.05) is 32.8 Å². The maximum Gasteiger partial charge on any atom is 0.222 e. The molecule has 0 saturated carbocycles. The van der Waals surface area contributed by atoms with Crippen LogP contribution in [0.5, 0.6) is 0 Å². The predicted octanol–water partition coefficient (Wildman–Crippen LogP) is 3.28. The lowest BCUT2D eigenvalue weighted by Crippen LogP contribution is -2.54. The summed E-state index contributed by atoms with van der Waals surface area (Å²) in [6, 6.07) is 10.4. The van der Waals surface area contributed by atoms with E-state index in [1.807, 2.05) is 17.0 Å². The molecule has 1 aromatic heterocycles. The number of carbonyl (C=O) groups excluding carboxylic acids is 1. The number of β-amino-alcohol motifs (C(OH)–C–C–N with tert-alkyl or cyclic N) is 1. The first kappa shape index (κ1) is 19.2. The van der Waals surface area contributed by atoms with E-state index >= 15 is 0 Å². The van der Waals surface area contributed by atoms with Crippen LogP contribution in [-0.4, -0.2) is 53.6 Å². The Bertz CT molecular complexity index is 837. The second-order valence-electron chi connectivity index (χ2n) is 8.10. The Morgan fingerprint density at radius 1 is 1.14 bits per heavy atom. The van der Waals surface area contributed by atoms with E-state index in [-0.39, 0.29) is 23.7 Å². The highest BCUT2D eigenvalue weighted by Crippen LogP contribution is 2.39. The zero-order valence-corrected chi connectivity index (χ0v) is 16.1. The van der Waals surface area contributed by atoms with Gasteiger partial charge in [-0.1, -0.05) is 12.1 Å². The zero-order chi connectivity index (χ0) is 19.6. The number of rotatable bonds is 5. The van der Waals surface area contributed by atoms with Gasteiger partial charge in [0.1, 0.15) is 17.3 Å². The van der Waals surface area contributed by atoms with Gasteiger partial charge in [-0.3, -0.25) is 9.69 Å². The zero-order valence-electron chi connectivity index (χ0n) is 16.1. The molecule has 2 aliphatic heterocycles. The van der Waals surface area contributed by atoms with Crippen molar-refractivity contribution >= 4 is 5.91 Å². The number of halogens is 1. The number of amides is 1. The Balaban J connectivity index is 1.43. The van der Waals surface area contributed by atoms with Crippen LogP contribution < -0.4 is 0 Å². The Kier molecular flexibility index (Phi) is 5.51. The lowest BCUT2D eigenvalue weighted by Gasteiger charge is -2.48.